The minimum absolute atomic E-state index is 0.422. The second-order valence-electron chi connectivity index (χ2n) is 4.71. The van der Waals surface area contributed by atoms with Crippen LogP contribution in [0.5, 0.6) is 0 Å². The normalized spacial score (nSPS) is 18.1. The van der Waals surface area contributed by atoms with Crippen molar-refractivity contribution in [2.24, 2.45) is 0 Å². The molecule has 1 atom stereocenters. The molecule has 0 bridgehead atoms. The van der Waals surface area contributed by atoms with Gasteiger partial charge in [-0.2, -0.15) is 0 Å². The lowest BCUT2D eigenvalue weighted by Gasteiger charge is -2.16. The highest BCUT2D eigenvalue weighted by Gasteiger charge is 2.30. The molecule has 0 fully saturated rings. The summed E-state index contributed by atoms with van der Waals surface area (Å²) in [5.41, 5.74) is 0.780. The molecule has 0 spiro atoms. The minimum Gasteiger partial charge on any atom is -0.481 e. The maximum Gasteiger partial charge on any atom is 0.312 e. The van der Waals surface area contributed by atoms with Gasteiger partial charge in [-0.15, -0.1) is 11.3 Å². The first-order chi connectivity index (χ1) is 9.13. The molecule has 1 aromatic heterocycles. The number of anilines is 1. The predicted octanol–water partition coefficient (Wildman–Crippen LogP) is 2.12. The van der Waals surface area contributed by atoms with E-state index in [2.05, 4.69) is 4.98 Å². The summed E-state index contributed by atoms with van der Waals surface area (Å²) in [6, 6.07) is 0. The molecule has 2 rings (SSSR count). The van der Waals surface area contributed by atoms with Crippen LogP contribution in [0.2, 0.25) is 0 Å². The predicted molar refractivity (Wildman–Crippen MR) is 75.2 cm³/mol. The summed E-state index contributed by atoms with van der Waals surface area (Å²) in [4.78, 5) is 19.0. The van der Waals surface area contributed by atoms with Crippen molar-refractivity contribution in [3.63, 3.8) is 0 Å². The van der Waals surface area contributed by atoms with Crippen molar-refractivity contribution in [2.75, 3.05) is 31.7 Å². The number of nitrogens with zero attached hydrogens (tertiary/aromatic N) is 2. The van der Waals surface area contributed by atoms with Crippen molar-refractivity contribution in [3.05, 3.63) is 10.6 Å². The molecular formula is C13H20N2O3S. The molecular weight excluding hydrogens is 264 g/mol. The maximum atomic E-state index is 11.2. The number of likely N-dealkylation sites (N-methyl/N-ethyl adjacent to an activating group) is 1. The van der Waals surface area contributed by atoms with E-state index in [-0.39, 0.29) is 0 Å². The summed E-state index contributed by atoms with van der Waals surface area (Å²) < 4.78 is 5.33. The number of aliphatic carboxylic acids is 1. The molecule has 1 N–H and O–H groups in total. The lowest BCUT2D eigenvalue weighted by Crippen LogP contribution is -2.22. The zero-order valence-electron chi connectivity index (χ0n) is 11.4. The van der Waals surface area contributed by atoms with Crippen LogP contribution >= 0.6 is 11.3 Å². The highest BCUT2D eigenvalue weighted by molar-refractivity contribution is 7.15. The van der Waals surface area contributed by atoms with Crippen LogP contribution < -0.4 is 4.90 Å². The van der Waals surface area contributed by atoms with Crippen LogP contribution in [0.3, 0.4) is 0 Å². The van der Waals surface area contributed by atoms with E-state index in [1.54, 1.807) is 11.3 Å². The molecule has 1 heterocycles. The Morgan fingerprint density at radius 1 is 1.63 bits per heavy atom. The number of rotatable bonds is 6. The third-order valence-electron chi connectivity index (χ3n) is 3.34. The number of carboxylic acids is 1. The molecule has 6 heteroatoms. The highest BCUT2D eigenvalue weighted by Crippen LogP contribution is 2.37. The zero-order valence-corrected chi connectivity index (χ0v) is 12.2. The largest absolute Gasteiger partial charge is 0.481 e. The van der Waals surface area contributed by atoms with Gasteiger partial charge in [0.2, 0.25) is 0 Å². The Labute approximate surface area is 117 Å². The summed E-state index contributed by atoms with van der Waals surface area (Å²) >= 11 is 1.62. The monoisotopic (exact) mass is 284 g/mol. The van der Waals surface area contributed by atoms with Gasteiger partial charge in [-0.05, 0) is 26.2 Å². The third-order valence-corrected chi connectivity index (χ3v) is 4.59. The molecule has 1 aliphatic carbocycles. The number of aryl methyl sites for hydroxylation is 1. The van der Waals surface area contributed by atoms with Gasteiger partial charge in [0.1, 0.15) is 5.92 Å². The van der Waals surface area contributed by atoms with Crippen LogP contribution in [0.1, 0.15) is 36.3 Å². The Bertz CT molecular complexity index is 447. The summed E-state index contributed by atoms with van der Waals surface area (Å²) in [5, 5.41) is 10.1. The first kappa shape index (κ1) is 14.3. The molecule has 0 saturated carbocycles. The molecule has 106 valence electrons. The molecule has 0 saturated heterocycles. The lowest BCUT2D eigenvalue weighted by molar-refractivity contribution is -0.139. The second-order valence-corrected chi connectivity index (χ2v) is 5.77. The topological polar surface area (TPSA) is 62.7 Å². The lowest BCUT2D eigenvalue weighted by atomic mass is 9.91. The van der Waals surface area contributed by atoms with Crippen molar-refractivity contribution in [1.29, 1.82) is 0 Å². The molecule has 0 aliphatic heterocycles. The van der Waals surface area contributed by atoms with E-state index >= 15 is 0 Å². The summed E-state index contributed by atoms with van der Waals surface area (Å²) in [7, 11) is 1.97. The van der Waals surface area contributed by atoms with Crippen molar-refractivity contribution in [2.45, 2.75) is 32.1 Å². The Morgan fingerprint density at radius 2 is 2.42 bits per heavy atom. The third kappa shape index (κ3) is 3.25. The number of hydrogen-bond acceptors (Lipinski definition) is 5. The van der Waals surface area contributed by atoms with Crippen LogP contribution in [0.4, 0.5) is 5.13 Å². The van der Waals surface area contributed by atoms with Crippen LogP contribution in [-0.4, -0.2) is 42.9 Å². The van der Waals surface area contributed by atoms with E-state index in [0.29, 0.717) is 19.6 Å². The fraction of sp³-hybridized carbons (Fsp3) is 0.692. The fourth-order valence-electron chi connectivity index (χ4n) is 2.25. The van der Waals surface area contributed by atoms with Crippen molar-refractivity contribution >= 4 is 22.4 Å². The first-order valence-electron chi connectivity index (χ1n) is 6.64. The number of thiazole rings is 1. The van der Waals surface area contributed by atoms with E-state index in [1.165, 1.54) is 0 Å². The van der Waals surface area contributed by atoms with Crippen molar-refractivity contribution in [1.82, 2.24) is 4.98 Å². The Morgan fingerprint density at radius 3 is 3.11 bits per heavy atom. The van der Waals surface area contributed by atoms with Gasteiger partial charge in [-0.25, -0.2) is 4.98 Å². The molecule has 5 nitrogen and oxygen atoms in total. The van der Waals surface area contributed by atoms with Crippen LogP contribution in [0.15, 0.2) is 0 Å². The molecule has 0 aromatic carbocycles. The van der Waals surface area contributed by atoms with Gasteiger partial charge in [-0.1, -0.05) is 0 Å². The van der Waals surface area contributed by atoms with Crippen molar-refractivity contribution in [3.8, 4) is 0 Å². The maximum absolute atomic E-state index is 11.2. The Hall–Kier alpha value is -1.14. The van der Waals surface area contributed by atoms with E-state index in [9.17, 15) is 9.90 Å². The molecule has 19 heavy (non-hydrogen) atoms. The summed E-state index contributed by atoms with van der Waals surface area (Å²) in [5.74, 6) is -1.18. The summed E-state index contributed by atoms with van der Waals surface area (Å²) in [6.07, 6.45) is 2.60. The van der Waals surface area contributed by atoms with Crippen LogP contribution in [0.25, 0.3) is 0 Å². The van der Waals surface area contributed by atoms with E-state index in [4.69, 9.17) is 4.74 Å². The summed E-state index contributed by atoms with van der Waals surface area (Å²) in [6.45, 7) is 4.13. The van der Waals surface area contributed by atoms with Gasteiger partial charge in [0, 0.05) is 25.1 Å². The average molecular weight is 284 g/mol. The van der Waals surface area contributed by atoms with Crippen LogP contribution in [-0.2, 0) is 16.0 Å². The highest BCUT2D eigenvalue weighted by atomic mass is 32.1. The van der Waals surface area contributed by atoms with E-state index in [1.807, 2.05) is 18.9 Å². The first-order valence-corrected chi connectivity index (χ1v) is 7.46. The van der Waals surface area contributed by atoms with Gasteiger partial charge < -0.3 is 14.7 Å². The van der Waals surface area contributed by atoms with Gasteiger partial charge >= 0.3 is 5.97 Å². The Balaban J connectivity index is 2.10. The average Bonchev–Trinajstić information content (AvgIpc) is 2.82. The SMILES string of the molecule is CCOCCN(C)c1nc2c(s1)CCCC2C(=O)O. The standard InChI is InChI=1S/C13H20N2O3S/c1-3-18-8-7-15(2)13-14-11-9(12(16)17)5-4-6-10(11)19-13/h9H,3-8H2,1-2H3,(H,16,17). The number of ether oxygens (including phenoxy) is 1. The van der Waals surface area contributed by atoms with Crippen LogP contribution in [0, 0.1) is 0 Å². The number of carbonyl (C=O) groups is 1. The number of fused-ring (bicyclic) bond motifs is 1. The van der Waals surface area contributed by atoms with Crippen molar-refractivity contribution < 1.29 is 14.6 Å². The minimum atomic E-state index is -0.755. The zero-order chi connectivity index (χ0) is 13.8. The number of carboxylic acid groups (broad SMARTS) is 1. The smallest absolute Gasteiger partial charge is 0.312 e. The molecule has 0 amide bonds. The van der Waals surface area contributed by atoms with Gasteiger partial charge in [0.25, 0.3) is 0 Å². The second kappa shape index (κ2) is 6.34. The van der Waals surface area contributed by atoms with E-state index < -0.39 is 11.9 Å². The number of aromatic nitrogens is 1. The molecule has 1 unspecified atom stereocenters. The van der Waals surface area contributed by atoms with Gasteiger partial charge in [0.15, 0.2) is 5.13 Å². The molecule has 1 aromatic rings. The Kier molecular flexibility index (Phi) is 4.76. The number of hydrogen-bond donors (Lipinski definition) is 1. The van der Waals surface area contributed by atoms with Gasteiger partial charge in [0.05, 0.1) is 12.3 Å². The van der Waals surface area contributed by atoms with Gasteiger partial charge in [-0.3, -0.25) is 4.79 Å². The quantitative estimate of drug-likeness (QED) is 0.811. The molecule has 0 radical (unpaired) electrons. The molecule has 1 aliphatic rings. The van der Waals surface area contributed by atoms with E-state index in [0.717, 1.165) is 35.1 Å². The fourth-order valence-corrected chi connectivity index (χ4v) is 3.40.